The zero-order chi connectivity index (χ0) is 19.3. The molecule has 10 heteroatoms. The van der Waals surface area contributed by atoms with E-state index in [-0.39, 0.29) is 22.5 Å². The summed E-state index contributed by atoms with van der Waals surface area (Å²) in [5.41, 5.74) is 0.0441. The van der Waals surface area contributed by atoms with Crippen molar-refractivity contribution in [3.05, 3.63) is 71.3 Å². The van der Waals surface area contributed by atoms with Crippen molar-refractivity contribution in [2.75, 3.05) is 4.72 Å². The van der Waals surface area contributed by atoms with Crippen molar-refractivity contribution in [3.8, 4) is 0 Å². The lowest BCUT2D eigenvalue weighted by atomic mass is 10.1. The second-order valence-corrected chi connectivity index (χ2v) is 5.66. The molecule has 2 aromatic carbocycles. The lowest BCUT2D eigenvalue weighted by Crippen LogP contribution is -2.22. The third kappa shape index (κ3) is 5.11. The second-order valence-electron chi connectivity index (χ2n) is 4.93. The predicted octanol–water partition coefficient (Wildman–Crippen LogP) is 1.76. The number of hydrogen-bond acceptors (Lipinski definition) is 4. The SMILES string of the molecule is O=C(O)/C=C(\NC(=O)c1ccc(N[SH](=O)=O)cc1)c1ccc(F)c(F)c1. The molecule has 0 fully saturated rings. The molecule has 0 saturated carbocycles. The molecular formula is C16H12F2N2O5S. The molecule has 7 nitrogen and oxygen atoms in total. The van der Waals surface area contributed by atoms with Crippen molar-refractivity contribution in [1.29, 1.82) is 0 Å². The molecule has 0 spiro atoms. The van der Waals surface area contributed by atoms with Crippen LogP contribution < -0.4 is 10.0 Å². The summed E-state index contributed by atoms with van der Waals surface area (Å²) < 4.78 is 49.7. The fraction of sp³-hybridized carbons (Fsp3) is 0. The summed E-state index contributed by atoms with van der Waals surface area (Å²) in [7, 11) is -2.85. The number of benzene rings is 2. The van der Waals surface area contributed by atoms with Gasteiger partial charge in [-0.1, -0.05) is 0 Å². The molecule has 0 aliphatic carbocycles. The summed E-state index contributed by atoms with van der Waals surface area (Å²) in [5, 5.41) is 11.2. The van der Waals surface area contributed by atoms with Crippen LogP contribution in [0.25, 0.3) is 5.70 Å². The van der Waals surface area contributed by atoms with Gasteiger partial charge in [0.15, 0.2) is 11.6 Å². The van der Waals surface area contributed by atoms with Crippen LogP contribution in [0.5, 0.6) is 0 Å². The van der Waals surface area contributed by atoms with Crippen LogP contribution in [0.1, 0.15) is 15.9 Å². The fourth-order valence-electron chi connectivity index (χ4n) is 1.97. The maximum absolute atomic E-state index is 13.4. The normalized spacial score (nSPS) is 11.3. The van der Waals surface area contributed by atoms with Crippen molar-refractivity contribution < 1.29 is 31.9 Å². The molecule has 26 heavy (non-hydrogen) atoms. The molecule has 1 amide bonds. The largest absolute Gasteiger partial charge is 0.478 e. The van der Waals surface area contributed by atoms with E-state index in [1.54, 1.807) is 0 Å². The number of carboxylic acid groups (broad SMARTS) is 1. The predicted molar refractivity (Wildman–Crippen MR) is 89.8 cm³/mol. The third-order valence-electron chi connectivity index (χ3n) is 3.11. The molecule has 2 rings (SSSR count). The van der Waals surface area contributed by atoms with Gasteiger partial charge in [0.25, 0.3) is 5.91 Å². The van der Waals surface area contributed by atoms with Crippen molar-refractivity contribution in [2.45, 2.75) is 0 Å². The molecule has 0 atom stereocenters. The van der Waals surface area contributed by atoms with Gasteiger partial charge in [-0.15, -0.1) is 0 Å². The molecule has 3 N–H and O–H groups in total. The van der Waals surface area contributed by atoms with Gasteiger partial charge in [-0.3, -0.25) is 9.52 Å². The van der Waals surface area contributed by atoms with Crippen LogP contribution in [-0.2, 0) is 15.7 Å². The van der Waals surface area contributed by atoms with Crippen molar-refractivity contribution in [2.24, 2.45) is 0 Å². The first-order valence-corrected chi connectivity index (χ1v) is 8.16. The minimum absolute atomic E-state index is 0.0405. The zero-order valence-corrected chi connectivity index (χ0v) is 13.8. The summed E-state index contributed by atoms with van der Waals surface area (Å²) in [6.07, 6.45) is 0.641. The first-order valence-electron chi connectivity index (χ1n) is 6.99. The Kier molecular flexibility index (Phi) is 6.02. The Morgan fingerprint density at radius 3 is 2.12 bits per heavy atom. The van der Waals surface area contributed by atoms with Crippen LogP contribution in [0.3, 0.4) is 0 Å². The van der Waals surface area contributed by atoms with Gasteiger partial charge in [0.2, 0.25) is 10.9 Å². The molecule has 2 aromatic rings. The number of thiol groups is 1. The number of carbonyl (C=O) groups excluding carboxylic acids is 1. The lowest BCUT2D eigenvalue weighted by Gasteiger charge is -2.10. The first-order chi connectivity index (χ1) is 12.3. The van der Waals surface area contributed by atoms with E-state index in [2.05, 4.69) is 10.0 Å². The topological polar surface area (TPSA) is 113 Å². The second kappa shape index (κ2) is 8.21. The smallest absolute Gasteiger partial charge is 0.330 e. The average molecular weight is 382 g/mol. The summed E-state index contributed by atoms with van der Waals surface area (Å²) >= 11 is 0. The first kappa shape index (κ1) is 19.1. The van der Waals surface area contributed by atoms with Crippen molar-refractivity contribution in [3.63, 3.8) is 0 Å². The summed E-state index contributed by atoms with van der Waals surface area (Å²) in [6.45, 7) is 0. The Balaban J connectivity index is 2.26. The Morgan fingerprint density at radius 2 is 1.58 bits per heavy atom. The summed E-state index contributed by atoms with van der Waals surface area (Å²) in [6, 6.07) is 7.95. The standard InChI is InChI=1S/C16H12F2N2O5S/c17-12-6-3-10(7-13(12)18)14(8-15(21)22)19-16(23)9-1-4-11(5-2-9)20-26(24)25/h1-8,26H,(H,19,23)(H,21,22)(H,20,24,25)/b14-8-. The monoisotopic (exact) mass is 382 g/mol. The fourth-order valence-corrected chi connectivity index (χ4v) is 2.33. The Bertz CT molecular complexity index is 948. The molecule has 0 bridgehead atoms. The highest BCUT2D eigenvalue weighted by atomic mass is 32.2. The quantitative estimate of drug-likeness (QED) is 0.449. The van der Waals surface area contributed by atoms with E-state index in [1.807, 2.05) is 0 Å². The van der Waals surface area contributed by atoms with E-state index >= 15 is 0 Å². The zero-order valence-electron chi connectivity index (χ0n) is 12.9. The van der Waals surface area contributed by atoms with Crippen LogP contribution in [0, 0.1) is 11.6 Å². The van der Waals surface area contributed by atoms with Gasteiger partial charge in [-0.25, -0.2) is 22.0 Å². The highest BCUT2D eigenvalue weighted by Crippen LogP contribution is 2.17. The van der Waals surface area contributed by atoms with E-state index in [0.717, 1.165) is 18.2 Å². The number of rotatable bonds is 6. The van der Waals surface area contributed by atoms with E-state index in [4.69, 9.17) is 5.11 Å². The number of aliphatic carboxylic acids is 1. The Labute approximate surface area is 148 Å². The maximum Gasteiger partial charge on any atom is 0.330 e. The van der Waals surface area contributed by atoms with Gasteiger partial charge >= 0.3 is 5.97 Å². The molecule has 0 aromatic heterocycles. The molecule has 0 saturated heterocycles. The number of halogens is 2. The number of amides is 1. The Hall–Kier alpha value is -3.27. The third-order valence-corrected chi connectivity index (χ3v) is 3.55. The maximum atomic E-state index is 13.4. The minimum atomic E-state index is -2.85. The van der Waals surface area contributed by atoms with Gasteiger partial charge in [-0.05, 0) is 42.5 Å². The number of anilines is 1. The number of nitrogens with one attached hydrogen (secondary N) is 2. The summed E-state index contributed by atoms with van der Waals surface area (Å²) in [5.74, 6) is -4.44. The molecular weight excluding hydrogens is 370 g/mol. The lowest BCUT2D eigenvalue weighted by molar-refractivity contribution is -0.131. The Morgan fingerprint density at radius 1 is 0.962 bits per heavy atom. The highest BCUT2D eigenvalue weighted by Gasteiger charge is 2.13. The average Bonchev–Trinajstić information content (AvgIpc) is 2.56. The summed E-state index contributed by atoms with van der Waals surface area (Å²) in [4.78, 5) is 23.2. The van der Waals surface area contributed by atoms with Gasteiger partial charge in [0.05, 0.1) is 5.70 Å². The van der Waals surface area contributed by atoms with Gasteiger partial charge in [0.1, 0.15) is 0 Å². The molecule has 136 valence electrons. The van der Waals surface area contributed by atoms with Crippen LogP contribution in [0.15, 0.2) is 48.5 Å². The molecule has 0 radical (unpaired) electrons. The highest BCUT2D eigenvalue weighted by molar-refractivity contribution is 7.73. The van der Waals surface area contributed by atoms with Gasteiger partial charge < -0.3 is 10.4 Å². The molecule has 0 aliphatic heterocycles. The van der Waals surface area contributed by atoms with E-state index < -0.39 is 34.4 Å². The van der Waals surface area contributed by atoms with Crippen LogP contribution >= 0.6 is 0 Å². The number of carboxylic acids is 1. The number of carbonyl (C=O) groups is 2. The van der Waals surface area contributed by atoms with E-state index in [1.165, 1.54) is 24.3 Å². The molecule has 0 heterocycles. The van der Waals surface area contributed by atoms with Gasteiger partial charge in [0, 0.05) is 22.9 Å². The van der Waals surface area contributed by atoms with Crippen LogP contribution in [0.4, 0.5) is 14.5 Å². The minimum Gasteiger partial charge on any atom is -0.478 e. The number of hydrogen-bond donors (Lipinski definition) is 4. The van der Waals surface area contributed by atoms with E-state index in [0.29, 0.717) is 6.08 Å². The van der Waals surface area contributed by atoms with Crippen LogP contribution in [-0.4, -0.2) is 25.4 Å². The van der Waals surface area contributed by atoms with Crippen LogP contribution in [0.2, 0.25) is 0 Å². The van der Waals surface area contributed by atoms with Gasteiger partial charge in [-0.2, -0.15) is 0 Å². The molecule has 0 aliphatic rings. The van der Waals surface area contributed by atoms with E-state index in [9.17, 15) is 26.8 Å². The molecule has 0 unspecified atom stereocenters. The van der Waals surface area contributed by atoms with Crippen molar-refractivity contribution in [1.82, 2.24) is 5.32 Å². The van der Waals surface area contributed by atoms with Crippen molar-refractivity contribution >= 4 is 34.2 Å².